The number of aryl methyl sites for hydroxylation is 1. The maximum atomic E-state index is 12.8. The van der Waals surface area contributed by atoms with Crippen LogP contribution >= 0.6 is 0 Å². The Morgan fingerprint density at radius 1 is 1.03 bits per heavy atom. The number of aromatic hydroxyl groups is 1. The maximum absolute atomic E-state index is 12.8. The molecule has 154 valence electrons. The van der Waals surface area contributed by atoms with Gasteiger partial charge in [0.05, 0.1) is 24.3 Å². The van der Waals surface area contributed by atoms with E-state index >= 15 is 0 Å². The Balaban J connectivity index is 1.88. The minimum absolute atomic E-state index is 0.105. The lowest BCUT2D eigenvalue weighted by Crippen LogP contribution is -2.30. The quantitative estimate of drug-likeness (QED) is 0.654. The number of hydrogen-bond donors (Lipinski definition) is 1. The van der Waals surface area contributed by atoms with Crippen molar-refractivity contribution >= 4 is 11.9 Å². The molecule has 1 aliphatic heterocycles. The van der Waals surface area contributed by atoms with Gasteiger partial charge in [-0.15, -0.1) is 0 Å². The Labute approximate surface area is 171 Å². The van der Waals surface area contributed by atoms with Gasteiger partial charge in [-0.1, -0.05) is 29.8 Å². The summed E-state index contributed by atoms with van der Waals surface area (Å²) in [5.74, 6) is 0.611. The van der Waals surface area contributed by atoms with Gasteiger partial charge in [0, 0.05) is 33.9 Å². The predicted molar refractivity (Wildman–Crippen MR) is 111 cm³/mol. The van der Waals surface area contributed by atoms with Crippen molar-refractivity contribution < 1.29 is 24.1 Å². The first-order valence-corrected chi connectivity index (χ1v) is 9.59. The number of benzene rings is 2. The van der Waals surface area contributed by atoms with E-state index in [0.717, 1.165) is 11.1 Å². The molecule has 0 unspecified atom stereocenters. The summed E-state index contributed by atoms with van der Waals surface area (Å²) in [6.45, 7) is 4.88. The number of carbonyl (C=O) groups is 1. The fourth-order valence-corrected chi connectivity index (χ4v) is 3.20. The highest BCUT2D eigenvalue weighted by atomic mass is 16.5. The van der Waals surface area contributed by atoms with E-state index in [1.54, 1.807) is 32.4 Å². The molecule has 0 aliphatic carbocycles. The van der Waals surface area contributed by atoms with Gasteiger partial charge >= 0.3 is 0 Å². The van der Waals surface area contributed by atoms with Crippen LogP contribution in [0.5, 0.6) is 11.5 Å². The van der Waals surface area contributed by atoms with Crippen molar-refractivity contribution in [2.45, 2.75) is 13.5 Å². The third kappa shape index (κ3) is 5.03. The molecule has 6 nitrogen and oxygen atoms in total. The second-order valence-corrected chi connectivity index (χ2v) is 7.05. The van der Waals surface area contributed by atoms with Crippen molar-refractivity contribution in [1.29, 1.82) is 0 Å². The highest BCUT2D eigenvalue weighted by Crippen LogP contribution is 2.40. The van der Waals surface area contributed by atoms with E-state index in [9.17, 15) is 9.90 Å². The van der Waals surface area contributed by atoms with Crippen LogP contribution in [0.2, 0.25) is 0 Å². The van der Waals surface area contributed by atoms with E-state index in [1.165, 1.54) is 0 Å². The van der Waals surface area contributed by atoms with Gasteiger partial charge in [-0.05, 0) is 30.7 Å². The topological polar surface area (TPSA) is 68.2 Å². The van der Waals surface area contributed by atoms with Crippen molar-refractivity contribution in [3.8, 4) is 11.5 Å². The maximum Gasteiger partial charge on any atom is 0.231 e. The first-order chi connectivity index (χ1) is 14.0. The van der Waals surface area contributed by atoms with E-state index in [1.807, 2.05) is 31.2 Å². The SMILES string of the molecule is COCCN(CCOC)Cc1c(O)ccc2c1O/C(=C/c1ccc(C)cc1)C2=O. The molecule has 0 aromatic heterocycles. The fraction of sp³-hybridized carbons (Fsp3) is 0.348. The summed E-state index contributed by atoms with van der Waals surface area (Å²) in [5.41, 5.74) is 3.10. The molecule has 1 aliphatic rings. The summed E-state index contributed by atoms with van der Waals surface area (Å²) in [6, 6.07) is 11.0. The Morgan fingerprint density at radius 2 is 1.69 bits per heavy atom. The molecule has 0 amide bonds. The Morgan fingerprint density at radius 3 is 2.31 bits per heavy atom. The fourth-order valence-electron chi connectivity index (χ4n) is 3.20. The molecule has 0 atom stereocenters. The lowest BCUT2D eigenvalue weighted by atomic mass is 10.0. The summed E-state index contributed by atoms with van der Waals surface area (Å²) >= 11 is 0. The van der Waals surface area contributed by atoms with Crippen LogP contribution < -0.4 is 4.74 Å². The predicted octanol–water partition coefficient (Wildman–Crippen LogP) is 3.41. The van der Waals surface area contributed by atoms with Crippen LogP contribution in [-0.2, 0) is 16.0 Å². The molecular weight excluding hydrogens is 370 g/mol. The van der Waals surface area contributed by atoms with Crippen LogP contribution in [-0.4, -0.2) is 56.3 Å². The number of rotatable bonds is 9. The normalized spacial score (nSPS) is 14.5. The summed E-state index contributed by atoms with van der Waals surface area (Å²) in [4.78, 5) is 14.9. The average Bonchev–Trinajstić information content (AvgIpc) is 3.03. The smallest absolute Gasteiger partial charge is 0.231 e. The summed E-state index contributed by atoms with van der Waals surface area (Å²) in [6.07, 6.45) is 1.73. The number of hydrogen-bond acceptors (Lipinski definition) is 6. The molecule has 0 saturated carbocycles. The lowest BCUT2D eigenvalue weighted by Gasteiger charge is -2.23. The Kier molecular flexibility index (Phi) is 7.04. The Hall–Kier alpha value is -2.67. The minimum Gasteiger partial charge on any atom is -0.507 e. The second kappa shape index (κ2) is 9.69. The number of fused-ring (bicyclic) bond motifs is 1. The standard InChI is InChI=1S/C23H27NO5/c1-16-4-6-17(7-5-16)14-21-22(26)18-8-9-20(25)19(23(18)29-21)15-24(10-12-27-2)11-13-28-3/h4-9,14,25H,10-13,15H2,1-3H3/b21-14+. The van der Waals surface area contributed by atoms with Crippen molar-refractivity contribution in [2.24, 2.45) is 0 Å². The highest BCUT2D eigenvalue weighted by molar-refractivity contribution is 6.15. The van der Waals surface area contributed by atoms with Gasteiger partial charge < -0.3 is 19.3 Å². The van der Waals surface area contributed by atoms with Gasteiger partial charge in [0.15, 0.2) is 5.76 Å². The van der Waals surface area contributed by atoms with E-state index < -0.39 is 0 Å². The summed E-state index contributed by atoms with van der Waals surface area (Å²) in [5, 5.41) is 10.5. The van der Waals surface area contributed by atoms with Gasteiger partial charge in [-0.25, -0.2) is 0 Å². The van der Waals surface area contributed by atoms with Crippen LogP contribution in [0.25, 0.3) is 6.08 Å². The number of methoxy groups -OCH3 is 2. The van der Waals surface area contributed by atoms with Crippen LogP contribution in [0.15, 0.2) is 42.2 Å². The largest absolute Gasteiger partial charge is 0.507 e. The zero-order chi connectivity index (χ0) is 20.8. The summed E-state index contributed by atoms with van der Waals surface area (Å²) in [7, 11) is 3.30. The van der Waals surface area contributed by atoms with Gasteiger partial charge in [0.25, 0.3) is 0 Å². The molecule has 29 heavy (non-hydrogen) atoms. The molecule has 3 rings (SSSR count). The molecule has 0 fully saturated rings. The summed E-state index contributed by atoms with van der Waals surface area (Å²) < 4.78 is 16.3. The number of ketones is 1. The monoisotopic (exact) mass is 397 g/mol. The molecular formula is C23H27NO5. The number of allylic oxidation sites excluding steroid dienone is 1. The molecule has 2 aromatic carbocycles. The van der Waals surface area contributed by atoms with Gasteiger partial charge in [0.1, 0.15) is 11.5 Å². The zero-order valence-electron chi connectivity index (χ0n) is 17.1. The van der Waals surface area contributed by atoms with Gasteiger partial charge in [0.2, 0.25) is 5.78 Å². The molecule has 0 radical (unpaired) electrons. The first-order valence-electron chi connectivity index (χ1n) is 9.59. The molecule has 0 saturated heterocycles. The lowest BCUT2D eigenvalue weighted by molar-refractivity contribution is 0.101. The first kappa shape index (κ1) is 21.0. The van der Waals surface area contributed by atoms with E-state index in [2.05, 4.69) is 4.90 Å². The van der Waals surface area contributed by atoms with Crippen molar-refractivity contribution in [3.05, 3.63) is 64.4 Å². The molecule has 2 aromatic rings. The average molecular weight is 397 g/mol. The molecule has 0 spiro atoms. The third-order valence-corrected chi connectivity index (χ3v) is 4.90. The molecule has 1 heterocycles. The van der Waals surface area contributed by atoms with Gasteiger partial charge in [-0.3, -0.25) is 9.69 Å². The minimum atomic E-state index is -0.179. The van der Waals surface area contributed by atoms with Crippen LogP contribution in [0, 0.1) is 6.92 Å². The number of nitrogens with zero attached hydrogens (tertiary/aromatic N) is 1. The number of ether oxygens (including phenoxy) is 3. The molecule has 1 N–H and O–H groups in total. The molecule has 0 bridgehead atoms. The van der Waals surface area contributed by atoms with Gasteiger partial charge in [-0.2, -0.15) is 0 Å². The number of phenolic OH excluding ortho intramolecular Hbond substituents is 1. The van der Waals surface area contributed by atoms with Crippen molar-refractivity contribution in [2.75, 3.05) is 40.5 Å². The van der Waals surface area contributed by atoms with Crippen LogP contribution in [0.4, 0.5) is 0 Å². The number of phenols is 1. The molecule has 6 heteroatoms. The van der Waals surface area contributed by atoms with Crippen LogP contribution in [0.1, 0.15) is 27.0 Å². The van der Waals surface area contributed by atoms with Crippen LogP contribution in [0.3, 0.4) is 0 Å². The number of carbonyl (C=O) groups excluding carboxylic acids is 1. The van der Waals surface area contributed by atoms with E-state index in [4.69, 9.17) is 14.2 Å². The Bertz CT molecular complexity index is 881. The van der Waals surface area contributed by atoms with Crippen molar-refractivity contribution in [1.82, 2.24) is 4.90 Å². The van der Waals surface area contributed by atoms with E-state index in [-0.39, 0.29) is 17.3 Å². The second-order valence-electron chi connectivity index (χ2n) is 7.05. The van der Waals surface area contributed by atoms with Crippen molar-refractivity contribution in [3.63, 3.8) is 0 Å². The zero-order valence-corrected chi connectivity index (χ0v) is 17.1. The van der Waals surface area contributed by atoms with E-state index in [0.29, 0.717) is 49.7 Å². The highest BCUT2D eigenvalue weighted by Gasteiger charge is 2.31. The number of Topliss-reactive ketones (excluding diaryl/α,β-unsaturated/α-hetero) is 1. The third-order valence-electron chi connectivity index (χ3n) is 4.90.